The zero-order chi connectivity index (χ0) is 64.8. The molecule has 14 heterocycles. The third-order valence-electron chi connectivity index (χ3n) is 14.1. The molecule has 0 unspecified atom stereocenters. The summed E-state index contributed by atoms with van der Waals surface area (Å²) in [4.78, 5) is 24.0. The molecule has 0 nitrogen and oxygen atoms in total. The van der Waals surface area contributed by atoms with E-state index in [4.69, 9.17) is 0 Å². The number of hydrogen-bond acceptors (Lipinski definition) is 14. The fourth-order valence-electron chi connectivity index (χ4n) is 8.81. The van der Waals surface area contributed by atoms with Gasteiger partial charge in [-0.3, -0.25) is 0 Å². The average Bonchev–Trinajstić information content (AvgIpc) is 2.50. The van der Waals surface area contributed by atoms with E-state index in [1.807, 2.05) is 147 Å². The van der Waals surface area contributed by atoms with Crippen LogP contribution in [0.3, 0.4) is 0 Å². The van der Waals surface area contributed by atoms with Gasteiger partial charge >= 0.3 is 0 Å². The van der Waals surface area contributed by atoms with E-state index in [1.54, 1.807) is 11.3 Å². The van der Waals surface area contributed by atoms with Gasteiger partial charge in [-0.2, -0.15) is 11.3 Å². The molecule has 14 aromatic heterocycles. The van der Waals surface area contributed by atoms with Crippen molar-refractivity contribution in [2.24, 2.45) is 0 Å². The van der Waals surface area contributed by atoms with E-state index >= 15 is 0 Å². The van der Waals surface area contributed by atoms with Gasteiger partial charge in [0.15, 0.2) is 0 Å². The molecule has 476 valence electrons. The zero-order valence-corrected chi connectivity index (χ0v) is 65.9. The minimum atomic E-state index is 0.576. The Morgan fingerprint density at radius 1 is 0.220 bits per heavy atom. The fourth-order valence-corrected chi connectivity index (χ4v) is 22.0. The largest absolute Gasteiger partial charge is 0.152 e. The van der Waals surface area contributed by atoms with Crippen LogP contribution < -0.4 is 0 Å². The predicted octanol–water partition coefficient (Wildman–Crippen LogP) is 32.2. The van der Waals surface area contributed by atoms with E-state index in [-0.39, 0.29) is 0 Å². The molecule has 0 atom stereocenters. The molecule has 0 spiro atoms. The lowest BCUT2D eigenvalue weighted by Gasteiger charge is -2.04. The lowest BCUT2D eigenvalue weighted by molar-refractivity contribution is 0.872. The summed E-state index contributed by atoms with van der Waals surface area (Å²) >= 11 is 25.8. The monoisotopic (exact) mass is 1460 g/mol. The van der Waals surface area contributed by atoms with Crippen LogP contribution in [0.25, 0.3) is 68.3 Å². The first-order valence-corrected chi connectivity index (χ1v) is 42.9. The molecule has 0 fully saturated rings. The number of hydrogen-bond donors (Lipinski definition) is 0. The van der Waals surface area contributed by atoms with Crippen molar-refractivity contribution < 1.29 is 0 Å². The quantitative estimate of drug-likeness (QED) is 0.102. The van der Waals surface area contributed by atoms with E-state index in [9.17, 15) is 0 Å². The smallest absolute Gasteiger partial charge is 0.0484 e. The highest BCUT2D eigenvalue weighted by atomic mass is 32.2. The standard InChI is InChI=1S/2C15H14S3.3C11H12S2.2C7H10S/c1-10(2)11-9-14(12-5-3-7-16-12)18-15(11)13-6-4-8-17-13;1-10(2)11-5-6-14(17-11)15-8-7-13(18-15)12-4-3-9-16-12;1-8(2)9-5-6-11(13-9)10-4-3-7-12-10;1-8(2)9-5-7-13-11(9)10-4-3-6-12-10;1-8(2)9-6-11(13-7-9)10-4-3-5-12-10;1-6(2)7-3-4-8-5-7;1-6(2)7-4-3-5-8-7/h2*3-10H,1-2H3;3*3-8H,1-2H3;2*3-6H,1-2H3. The van der Waals surface area contributed by atoms with Gasteiger partial charge in [0.2, 0.25) is 0 Å². The first-order chi connectivity index (χ1) is 43.9. The molecule has 0 saturated carbocycles. The van der Waals surface area contributed by atoms with Crippen molar-refractivity contribution in [2.45, 2.75) is 138 Å². The zero-order valence-electron chi connectivity index (χ0n) is 54.5. The lowest BCUT2D eigenvalue weighted by atomic mass is 10.0. The summed E-state index contributed by atoms with van der Waals surface area (Å²) in [5.41, 5.74) is 5.86. The van der Waals surface area contributed by atoms with Gasteiger partial charge in [-0.25, -0.2) is 0 Å². The minimum Gasteiger partial charge on any atom is -0.152 e. The second kappa shape index (κ2) is 37.2. The topological polar surface area (TPSA) is 0 Å². The molecule has 0 bridgehead atoms. The molecular weight excluding hydrogens is 1370 g/mol. The van der Waals surface area contributed by atoms with Crippen LogP contribution in [0, 0.1) is 0 Å². The summed E-state index contributed by atoms with van der Waals surface area (Å²) in [5.74, 6) is 4.52. The maximum absolute atomic E-state index is 2.37. The van der Waals surface area contributed by atoms with Gasteiger partial charge in [0.1, 0.15) is 0 Å². The van der Waals surface area contributed by atoms with E-state index in [2.05, 4.69) is 302 Å². The van der Waals surface area contributed by atoms with Crippen molar-refractivity contribution in [3.05, 3.63) is 242 Å². The Balaban J connectivity index is 0.000000139. The Morgan fingerprint density at radius 2 is 0.637 bits per heavy atom. The van der Waals surface area contributed by atoms with Gasteiger partial charge in [-0.1, -0.05) is 139 Å². The third kappa shape index (κ3) is 21.9. The molecule has 0 radical (unpaired) electrons. The van der Waals surface area contributed by atoms with Gasteiger partial charge in [0.05, 0.1) is 0 Å². The van der Waals surface area contributed by atoms with Crippen LogP contribution in [0.4, 0.5) is 0 Å². The van der Waals surface area contributed by atoms with Crippen molar-refractivity contribution in [2.75, 3.05) is 0 Å². The molecule has 0 N–H and O–H groups in total. The first-order valence-electron chi connectivity index (χ1n) is 30.8. The molecule has 0 saturated heterocycles. The molecule has 91 heavy (non-hydrogen) atoms. The second-order valence-electron chi connectivity index (χ2n) is 23.4. The minimum absolute atomic E-state index is 0.576. The number of thiophene rings is 14. The highest BCUT2D eigenvalue weighted by Crippen LogP contribution is 2.45. The molecule has 14 rings (SSSR count). The summed E-state index contributed by atoms with van der Waals surface area (Å²) < 4.78 is 0. The average molecular weight is 1460 g/mol. The predicted molar refractivity (Wildman–Crippen MR) is 432 cm³/mol. The maximum atomic E-state index is 2.37. The van der Waals surface area contributed by atoms with Gasteiger partial charge in [-0.15, -0.1) is 147 Å². The van der Waals surface area contributed by atoms with Crippen molar-refractivity contribution in [3.8, 4) is 68.3 Å². The van der Waals surface area contributed by atoms with Gasteiger partial charge in [0, 0.05) is 82.9 Å². The van der Waals surface area contributed by atoms with Crippen molar-refractivity contribution >= 4 is 159 Å². The molecule has 14 aromatic rings. The van der Waals surface area contributed by atoms with Crippen molar-refractivity contribution in [1.29, 1.82) is 0 Å². The van der Waals surface area contributed by atoms with E-state index in [1.165, 1.54) is 105 Å². The fraction of sp³-hybridized carbons (Fsp3) is 0.273. The van der Waals surface area contributed by atoms with Crippen LogP contribution in [0.2, 0.25) is 0 Å². The Labute approximate surface area is 600 Å². The second-order valence-corrected chi connectivity index (χ2v) is 37.1. The van der Waals surface area contributed by atoms with Crippen LogP contribution in [0.1, 0.15) is 175 Å². The normalized spacial score (nSPS) is 11.0. The maximum Gasteiger partial charge on any atom is 0.0484 e. The van der Waals surface area contributed by atoms with E-state index < -0.39 is 0 Å². The van der Waals surface area contributed by atoms with Crippen molar-refractivity contribution in [1.82, 2.24) is 0 Å². The van der Waals surface area contributed by atoms with Gasteiger partial charge in [0.25, 0.3) is 0 Å². The van der Waals surface area contributed by atoms with Crippen LogP contribution in [0.15, 0.2) is 205 Å². The van der Waals surface area contributed by atoms with Gasteiger partial charge < -0.3 is 0 Å². The van der Waals surface area contributed by atoms with Gasteiger partial charge in [-0.05, 0) is 226 Å². The molecule has 0 aromatic carbocycles. The Hall–Kier alpha value is -4.20. The molecular formula is C77H84S14. The molecule has 14 heteroatoms. The van der Waals surface area contributed by atoms with E-state index in [0.717, 1.165) is 0 Å². The number of rotatable bonds is 14. The Kier molecular flexibility index (Phi) is 29.7. The lowest BCUT2D eigenvalue weighted by Crippen LogP contribution is -1.84. The van der Waals surface area contributed by atoms with Crippen LogP contribution in [-0.2, 0) is 0 Å². The van der Waals surface area contributed by atoms with Crippen LogP contribution in [0.5, 0.6) is 0 Å². The highest BCUT2D eigenvalue weighted by Gasteiger charge is 2.17. The Bertz CT molecular complexity index is 3950. The Morgan fingerprint density at radius 3 is 1.02 bits per heavy atom. The summed E-state index contributed by atoms with van der Waals surface area (Å²) in [6.07, 6.45) is 0. The van der Waals surface area contributed by atoms with E-state index in [0.29, 0.717) is 41.4 Å². The molecule has 0 aliphatic rings. The summed E-state index contributed by atoms with van der Waals surface area (Å²) in [6.45, 7) is 31.4. The summed E-state index contributed by atoms with van der Waals surface area (Å²) in [5, 5.41) is 23.7. The summed E-state index contributed by atoms with van der Waals surface area (Å²) in [7, 11) is 0. The third-order valence-corrected chi connectivity index (χ3v) is 29.4. The summed E-state index contributed by atoms with van der Waals surface area (Å²) in [6, 6.07) is 52.7. The molecule has 0 amide bonds. The van der Waals surface area contributed by atoms with Crippen LogP contribution >= 0.6 is 159 Å². The molecule has 0 aliphatic carbocycles. The molecule has 0 aliphatic heterocycles. The van der Waals surface area contributed by atoms with Crippen molar-refractivity contribution in [3.63, 3.8) is 0 Å². The highest BCUT2D eigenvalue weighted by molar-refractivity contribution is 7.27. The first kappa shape index (κ1) is 72.6. The SMILES string of the molecule is CC(C)c1cc(-c2cccs2)sc1-c1cccs1.CC(C)c1ccc(-c2ccc(-c3cccs3)s2)s1.CC(C)c1ccc(-c2cccs2)s1.CC(C)c1cccs1.CC(C)c1ccsc1.CC(C)c1ccsc1-c1cccs1.CC(C)c1csc(-c2cccs2)c1. The van der Waals surface area contributed by atoms with Crippen LogP contribution in [-0.4, -0.2) is 0 Å².